The summed E-state index contributed by atoms with van der Waals surface area (Å²) in [5.74, 6) is -0.717. The first-order valence-electron chi connectivity index (χ1n) is 9.90. The van der Waals surface area contributed by atoms with E-state index >= 15 is 0 Å². The van der Waals surface area contributed by atoms with E-state index in [0.29, 0.717) is 12.5 Å². The zero-order valence-corrected chi connectivity index (χ0v) is 17.5. The highest BCUT2D eigenvalue weighted by Crippen LogP contribution is 2.50. The summed E-state index contributed by atoms with van der Waals surface area (Å²) >= 11 is 1.67. The van der Waals surface area contributed by atoms with Crippen molar-refractivity contribution in [1.29, 1.82) is 0 Å². The summed E-state index contributed by atoms with van der Waals surface area (Å²) in [6.45, 7) is 7.06. The van der Waals surface area contributed by atoms with Crippen LogP contribution in [0.3, 0.4) is 0 Å². The molecular weight excluding hydrogens is 386 g/mol. The quantitative estimate of drug-likeness (QED) is 0.685. The van der Waals surface area contributed by atoms with Gasteiger partial charge in [-0.05, 0) is 29.7 Å². The Morgan fingerprint density at radius 3 is 2.66 bits per heavy atom. The minimum atomic E-state index is -1.19. The summed E-state index contributed by atoms with van der Waals surface area (Å²) < 4.78 is 4.05. The lowest BCUT2D eigenvalue weighted by Crippen LogP contribution is -2.35. The molecule has 4 heterocycles. The molecule has 0 saturated heterocycles. The van der Waals surface area contributed by atoms with E-state index in [1.807, 2.05) is 15.3 Å². The molecule has 3 aromatic heterocycles. The van der Waals surface area contributed by atoms with Crippen molar-refractivity contribution in [3.63, 3.8) is 0 Å². The van der Waals surface area contributed by atoms with Crippen LogP contribution >= 0.6 is 11.3 Å². The zero-order valence-electron chi connectivity index (χ0n) is 16.7. The lowest BCUT2D eigenvalue weighted by Gasteiger charge is -2.38. The zero-order chi connectivity index (χ0) is 20.5. The van der Waals surface area contributed by atoms with Gasteiger partial charge in [-0.15, -0.1) is 11.3 Å². The summed E-state index contributed by atoms with van der Waals surface area (Å²) in [5.41, 5.74) is 3.13. The van der Waals surface area contributed by atoms with Gasteiger partial charge in [-0.3, -0.25) is 9.48 Å². The van der Waals surface area contributed by atoms with E-state index < -0.39 is 11.4 Å². The number of pyridine rings is 1. The first-order chi connectivity index (χ1) is 13.8. The Kier molecular flexibility index (Phi) is 3.90. The normalized spacial score (nSPS) is 18.4. The first-order valence-corrected chi connectivity index (χ1v) is 10.8. The molecular formula is C22H23N3O3S. The number of fused-ring (bicyclic) bond motifs is 3. The second-order valence-corrected chi connectivity index (χ2v) is 10.0. The van der Waals surface area contributed by atoms with E-state index in [2.05, 4.69) is 32.2 Å². The van der Waals surface area contributed by atoms with Crippen LogP contribution in [0.5, 0.6) is 0 Å². The number of aromatic nitrogens is 3. The number of thiophene rings is 1. The van der Waals surface area contributed by atoms with Crippen LogP contribution in [0, 0.1) is 5.41 Å². The molecule has 3 aromatic rings. The predicted molar refractivity (Wildman–Crippen MR) is 113 cm³/mol. The standard InChI is InChI=1S/C22H23N3O3S/c1-22(2,3)17-11-25-20(14-9-15(26)13(21(27)28)10-24(14)17)18(16-5-4-8-29-16)19(23-25)12-6-7-12/h4-5,8-10,12,17H,6-7,11H2,1-3H3,(H,27,28)/t17-/m0/s1. The number of hydrogen-bond acceptors (Lipinski definition) is 4. The number of carbonyl (C=O) groups is 1. The van der Waals surface area contributed by atoms with Gasteiger partial charge in [-0.25, -0.2) is 4.79 Å². The minimum absolute atomic E-state index is 0.00756. The Balaban J connectivity index is 1.83. The number of aromatic carboxylic acids is 1. The van der Waals surface area contributed by atoms with Crippen LogP contribution < -0.4 is 5.43 Å². The number of carboxylic acid groups (broad SMARTS) is 1. The molecule has 0 radical (unpaired) electrons. The van der Waals surface area contributed by atoms with Crippen LogP contribution in [-0.2, 0) is 6.54 Å². The molecule has 0 amide bonds. The summed E-state index contributed by atoms with van der Waals surface area (Å²) in [6, 6.07) is 5.61. The van der Waals surface area contributed by atoms with Crippen molar-refractivity contribution in [3.8, 4) is 21.8 Å². The molecule has 1 N–H and O–H groups in total. The second-order valence-electron chi connectivity index (χ2n) is 9.07. The van der Waals surface area contributed by atoms with Gasteiger partial charge in [0, 0.05) is 28.6 Å². The van der Waals surface area contributed by atoms with Gasteiger partial charge in [0.2, 0.25) is 0 Å². The second kappa shape index (κ2) is 6.16. The summed E-state index contributed by atoms with van der Waals surface area (Å²) in [6.07, 6.45) is 3.81. The van der Waals surface area contributed by atoms with Crippen molar-refractivity contribution in [2.75, 3.05) is 0 Å². The smallest absolute Gasteiger partial charge is 0.341 e. The molecule has 0 aromatic carbocycles. The Bertz CT molecular complexity index is 1180. The van der Waals surface area contributed by atoms with E-state index in [0.717, 1.165) is 40.4 Å². The van der Waals surface area contributed by atoms with E-state index in [4.69, 9.17) is 5.10 Å². The molecule has 1 saturated carbocycles. The average Bonchev–Trinajstić information content (AvgIpc) is 3.20. The van der Waals surface area contributed by atoms with Crippen LogP contribution in [0.2, 0.25) is 0 Å². The number of hydrogen-bond donors (Lipinski definition) is 1. The van der Waals surface area contributed by atoms with Gasteiger partial charge >= 0.3 is 5.97 Å². The molecule has 1 aliphatic heterocycles. The van der Waals surface area contributed by atoms with Crippen molar-refractivity contribution in [3.05, 3.63) is 51.3 Å². The Morgan fingerprint density at radius 1 is 1.31 bits per heavy atom. The molecule has 0 unspecified atom stereocenters. The van der Waals surface area contributed by atoms with E-state index in [1.54, 1.807) is 11.3 Å². The third-order valence-corrected chi connectivity index (χ3v) is 6.83. The molecule has 1 atom stereocenters. The van der Waals surface area contributed by atoms with Crippen LogP contribution in [0.4, 0.5) is 0 Å². The highest BCUT2D eigenvalue weighted by atomic mass is 32.1. The molecule has 0 bridgehead atoms. The van der Waals surface area contributed by atoms with E-state index in [-0.39, 0.29) is 17.0 Å². The van der Waals surface area contributed by atoms with Crippen LogP contribution in [0.15, 0.2) is 34.6 Å². The van der Waals surface area contributed by atoms with Crippen LogP contribution in [0.25, 0.3) is 21.8 Å². The van der Waals surface area contributed by atoms with E-state index in [9.17, 15) is 14.7 Å². The SMILES string of the molecule is CC(C)(C)[C@@H]1Cn2nc(C3CC3)c(-c3cccs3)c2-c2cc(=O)c(C(=O)O)cn21. The maximum atomic E-state index is 12.6. The fourth-order valence-corrected chi connectivity index (χ4v) is 5.06. The molecule has 7 heteroatoms. The fraction of sp³-hybridized carbons (Fsp3) is 0.409. The lowest BCUT2D eigenvalue weighted by molar-refractivity contribution is 0.0693. The molecule has 5 rings (SSSR count). The molecule has 6 nitrogen and oxygen atoms in total. The largest absolute Gasteiger partial charge is 0.477 e. The van der Waals surface area contributed by atoms with Gasteiger partial charge < -0.3 is 9.67 Å². The van der Waals surface area contributed by atoms with Crippen molar-refractivity contribution in [2.45, 2.75) is 52.1 Å². The molecule has 150 valence electrons. The molecule has 29 heavy (non-hydrogen) atoms. The van der Waals surface area contributed by atoms with Crippen molar-refractivity contribution >= 4 is 17.3 Å². The van der Waals surface area contributed by atoms with Gasteiger partial charge in [0.1, 0.15) is 5.56 Å². The number of nitrogens with zero attached hydrogens (tertiary/aromatic N) is 3. The highest BCUT2D eigenvalue weighted by Gasteiger charge is 2.39. The Labute approximate surface area is 172 Å². The van der Waals surface area contributed by atoms with Crippen molar-refractivity contribution in [1.82, 2.24) is 14.3 Å². The van der Waals surface area contributed by atoms with Crippen LogP contribution in [0.1, 0.15) is 61.6 Å². The molecule has 2 aliphatic rings. The van der Waals surface area contributed by atoms with Crippen LogP contribution in [-0.4, -0.2) is 25.4 Å². The minimum Gasteiger partial charge on any atom is -0.477 e. The molecule has 1 fully saturated rings. The first kappa shape index (κ1) is 18.4. The maximum absolute atomic E-state index is 12.6. The van der Waals surface area contributed by atoms with Crippen molar-refractivity contribution in [2.24, 2.45) is 5.41 Å². The Hall–Kier alpha value is -2.67. The number of carboxylic acids is 1. The average molecular weight is 410 g/mol. The third-order valence-electron chi connectivity index (χ3n) is 5.95. The Morgan fingerprint density at radius 2 is 2.07 bits per heavy atom. The van der Waals surface area contributed by atoms with Crippen molar-refractivity contribution < 1.29 is 9.90 Å². The molecule has 0 spiro atoms. The van der Waals surface area contributed by atoms with E-state index in [1.165, 1.54) is 12.3 Å². The maximum Gasteiger partial charge on any atom is 0.341 e. The molecule has 1 aliphatic carbocycles. The number of rotatable bonds is 3. The lowest BCUT2D eigenvalue weighted by atomic mass is 9.84. The summed E-state index contributed by atoms with van der Waals surface area (Å²) in [5, 5.41) is 16.6. The topological polar surface area (TPSA) is 77.1 Å². The highest BCUT2D eigenvalue weighted by molar-refractivity contribution is 7.13. The third kappa shape index (κ3) is 2.87. The fourth-order valence-electron chi connectivity index (χ4n) is 4.28. The van der Waals surface area contributed by atoms with Gasteiger partial charge in [-0.1, -0.05) is 26.8 Å². The van der Waals surface area contributed by atoms with Gasteiger partial charge in [-0.2, -0.15) is 5.10 Å². The van der Waals surface area contributed by atoms with Gasteiger partial charge in [0.25, 0.3) is 0 Å². The van der Waals surface area contributed by atoms with Gasteiger partial charge in [0.05, 0.1) is 29.7 Å². The predicted octanol–water partition coefficient (Wildman–Crippen LogP) is 4.62. The monoisotopic (exact) mass is 409 g/mol. The summed E-state index contributed by atoms with van der Waals surface area (Å²) in [4.78, 5) is 25.4. The summed E-state index contributed by atoms with van der Waals surface area (Å²) in [7, 11) is 0. The van der Waals surface area contributed by atoms with Gasteiger partial charge in [0.15, 0.2) is 5.43 Å².